The quantitative estimate of drug-likeness (QED) is 0.851. The van der Waals surface area contributed by atoms with Gasteiger partial charge < -0.3 is 10.0 Å². The van der Waals surface area contributed by atoms with E-state index in [-0.39, 0.29) is 0 Å². The summed E-state index contributed by atoms with van der Waals surface area (Å²) in [7, 11) is 3.89. The minimum Gasteiger partial charge on any atom is -0.390 e. The molecule has 1 saturated heterocycles. The van der Waals surface area contributed by atoms with Crippen molar-refractivity contribution in [3.8, 4) is 0 Å². The van der Waals surface area contributed by atoms with E-state index in [4.69, 9.17) is 0 Å². The molecule has 1 heterocycles. The highest BCUT2D eigenvalue weighted by molar-refractivity contribution is 5.25. The Bertz CT molecular complexity index is 516. The lowest BCUT2D eigenvalue weighted by molar-refractivity contribution is -0.137. The lowest BCUT2D eigenvalue weighted by Crippen LogP contribution is -2.48. The summed E-state index contributed by atoms with van der Waals surface area (Å²) in [5.74, 6) is 0. The summed E-state index contributed by atoms with van der Waals surface area (Å²) in [5.41, 5.74) is -0.0366. The van der Waals surface area contributed by atoms with Crippen LogP contribution < -0.4 is 0 Å². The van der Waals surface area contributed by atoms with Crippen LogP contribution in [-0.4, -0.2) is 79.3 Å². The van der Waals surface area contributed by atoms with E-state index in [1.807, 2.05) is 11.9 Å². The Hall–Kier alpha value is -1.15. The number of hydrogen-bond donors (Lipinski definition) is 1. The van der Waals surface area contributed by atoms with Crippen LogP contribution in [0.4, 0.5) is 13.2 Å². The molecule has 0 amide bonds. The second-order valence-corrected chi connectivity index (χ2v) is 6.65. The third-order valence-corrected chi connectivity index (χ3v) is 4.29. The molecule has 136 valence electrons. The van der Waals surface area contributed by atoms with Gasteiger partial charge in [-0.25, -0.2) is 0 Å². The summed E-state index contributed by atoms with van der Waals surface area (Å²) >= 11 is 0. The molecule has 1 aromatic carbocycles. The number of alkyl halides is 3. The zero-order chi connectivity index (χ0) is 17.7. The Labute approximate surface area is 141 Å². The van der Waals surface area contributed by atoms with Gasteiger partial charge in [-0.05, 0) is 25.7 Å². The van der Waals surface area contributed by atoms with Gasteiger partial charge in [-0.15, -0.1) is 0 Å². The van der Waals surface area contributed by atoms with Crippen molar-refractivity contribution in [2.45, 2.75) is 18.8 Å². The summed E-state index contributed by atoms with van der Waals surface area (Å²) in [6.07, 6.45) is -4.83. The van der Waals surface area contributed by atoms with E-state index in [2.05, 4.69) is 16.8 Å². The Morgan fingerprint density at radius 2 is 1.88 bits per heavy atom. The molecule has 7 heteroatoms. The molecule has 1 aromatic rings. The highest BCUT2D eigenvalue weighted by atomic mass is 19.4. The monoisotopic (exact) mass is 345 g/mol. The minimum atomic E-state index is -4.32. The van der Waals surface area contributed by atoms with E-state index in [0.29, 0.717) is 25.2 Å². The van der Waals surface area contributed by atoms with Crippen molar-refractivity contribution in [3.05, 3.63) is 35.4 Å². The van der Waals surface area contributed by atoms with Gasteiger partial charge in [0.25, 0.3) is 0 Å². The fraction of sp³-hybridized carbons (Fsp3) is 0.647. The molecular formula is C17H26F3N3O. The molecule has 0 spiro atoms. The van der Waals surface area contributed by atoms with Crippen molar-refractivity contribution >= 4 is 0 Å². The van der Waals surface area contributed by atoms with Crippen LogP contribution in [0.3, 0.4) is 0 Å². The second kappa shape index (κ2) is 8.29. The van der Waals surface area contributed by atoms with Crippen LogP contribution in [0.15, 0.2) is 24.3 Å². The van der Waals surface area contributed by atoms with Crippen LogP contribution in [0.1, 0.15) is 11.1 Å². The van der Waals surface area contributed by atoms with Gasteiger partial charge in [-0.2, -0.15) is 13.2 Å². The number of aliphatic hydroxyl groups is 1. The van der Waals surface area contributed by atoms with Crippen molar-refractivity contribution < 1.29 is 18.3 Å². The van der Waals surface area contributed by atoms with Crippen molar-refractivity contribution in [3.63, 3.8) is 0 Å². The highest BCUT2D eigenvalue weighted by Crippen LogP contribution is 2.29. The van der Waals surface area contributed by atoms with Gasteiger partial charge >= 0.3 is 6.18 Å². The SMILES string of the molecule is CN1CCN(CC(O)CN(C)Cc2cccc(C(F)(F)F)c2)CC1. The molecule has 1 aliphatic rings. The number of benzene rings is 1. The lowest BCUT2D eigenvalue weighted by Gasteiger charge is -2.34. The molecule has 0 aromatic heterocycles. The van der Waals surface area contributed by atoms with Crippen LogP contribution in [0.5, 0.6) is 0 Å². The highest BCUT2D eigenvalue weighted by Gasteiger charge is 2.30. The maximum atomic E-state index is 12.7. The largest absolute Gasteiger partial charge is 0.416 e. The zero-order valence-corrected chi connectivity index (χ0v) is 14.3. The molecule has 0 saturated carbocycles. The normalized spacial score (nSPS) is 19.0. The number of aliphatic hydroxyl groups excluding tert-OH is 1. The van der Waals surface area contributed by atoms with E-state index in [9.17, 15) is 18.3 Å². The third-order valence-electron chi connectivity index (χ3n) is 4.29. The van der Waals surface area contributed by atoms with Gasteiger partial charge in [0.1, 0.15) is 0 Å². The van der Waals surface area contributed by atoms with Gasteiger partial charge in [-0.3, -0.25) is 9.80 Å². The van der Waals surface area contributed by atoms with Crippen molar-refractivity contribution in [2.24, 2.45) is 0 Å². The van der Waals surface area contributed by atoms with Crippen LogP contribution in [0.2, 0.25) is 0 Å². The number of nitrogens with zero attached hydrogens (tertiary/aromatic N) is 3. The number of piperazine rings is 1. The van der Waals surface area contributed by atoms with E-state index in [0.717, 1.165) is 32.2 Å². The summed E-state index contributed by atoms with van der Waals surface area (Å²) in [6, 6.07) is 5.35. The molecule has 1 unspecified atom stereocenters. The molecule has 24 heavy (non-hydrogen) atoms. The van der Waals surface area contributed by atoms with Gasteiger partial charge in [0.15, 0.2) is 0 Å². The molecular weight excluding hydrogens is 319 g/mol. The maximum Gasteiger partial charge on any atom is 0.416 e. The standard InChI is InChI=1S/C17H26F3N3O/c1-21-6-8-23(9-7-21)13-16(24)12-22(2)11-14-4-3-5-15(10-14)17(18,19)20/h3-5,10,16,24H,6-9,11-13H2,1-2H3. The van der Waals surface area contributed by atoms with E-state index in [1.54, 1.807) is 6.07 Å². The Kier molecular flexibility index (Phi) is 6.62. The predicted molar refractivity (Wildman–Crippen MR) is 87.7 cm³/mol. The second-order valence-electron chi connectivity index (χ2n) is 6.65. The molecule has 0 radical (unpaired) electrons. The summed E-state index contributed by atoms with van der Waals surface area (Å²) in [6.45, 7) is 5.27. The number of hydrogen-bond acceptors (Lipinski definition) is 4. The van der Waals surface area contributed by atoms with Gasteiger partial charge in [0, 0.05) is 45.8 Å². The number of halogens is 3. The van der Waals surface area contributed by atoms with Crippen LogP contribution in [0.25, 0.3) is 0 Å². The smallest absolute Gasteiger partial charge is 0.390 e. The number of likely N-dealkylation sites (N-methyl/N-ethyl adjacent to an activating group) is 2. The Morgan fingerprint density at radius 3 is 2.50 bits per heavy atom. The van der Waals surface area contributed by atoms with Crippen molar-refractivity contribution in [2.75, 3.05) is 53.4 Å². The molecule has 2 rings (SSSR count). The third kappa shape index (κ3) is 6.05. The Morgan fingerprint density at radius 1 is 1.21 bits per heavy atom. The molecule has 1 N–H and O–H groups in total. The van der Waals surface area contributed by atoms with E-state index >= 15 is 0 Å². The fourth-order valence-corrected chi connectivity index (χ4v) is 2.97. The number of rotatable bonds is 6. The summed E-state index contributed by atoms with van der Waals surface area (Å²) < 4.78 is 38.2. The molecule has 1 atom stereocenters. The van der Waals surface area contributed by atoms with Gasteiger partial charge in [-0.1, -0.05) is 18.2 Å². The van der Waals surface area contributed by atoms with E-state index in [1.165, 1.54) is 12.1 Å². The average Bonchev–Trinajstić information content (AvgIpc) is 2.49. The summed E-state index contributed by atoms with van der Waals surface area (Å²) in [5, 5.41) is 10.2. The fourth-order valence-electron chi connectivity index (χ4n) is 2.97. The van der Waals surface area contributed by atoms with Crippen LogP contribution >= 0.6 is 0 Å². The van der Waals surface area contributed by atoms with Crippen molar-refractivity contribution in [1.29, 1.82) is 0 Å². The first-order valence-electron chi connectivity index (χ1n) is 8.17. The van der Waals surface area contributed by atoms with Gasteiger partial charge in [0.2, 0.25) is 0 Å². The minimum absolute atomic E-state index is 0.379. The topological polar surface area (TPSA) is 30.0 Å². The first kappa shape index (κ1) is 19.2. The lowest BCUT2D eigenvalue weighted by atomic mass is 10.1. The first-order chi connectivity index (χ1) is 11.2. The van der Waals surface area contributed by atoms with Crippen molar-refractivity contribution in [1.82, 2.24) is 14.7 Å². The molecule has 4 nitrogen and oxygen atoms in total. The van der Waals surface area contributed by atoms with Gasteiger partial charge in [0.05, 0.1) is 11.7 Å². The molecule has 0 aliphatic carbocycles. The molecule has 1 fully saturated rings. The first-order valence-corrected chi connectivity index (χ1v) is 8.17. The molecule has 0 bridgehead atoms. The average molecular weight is 345 g/mol. The number of β-amino-alcohol motifs (C(OH)–C–C–N with tert-alkyl or cyclic N) is 1. The van der Waals surface area contributed by atoms with Crippen LogP contribution in [-0.2, 0) is 12.7 Å². The maximum absolute atomic E-state index is 12.7. The zero-order valence-electron chi connectivity index (χ0n) is 14.3. The summed E-state index contributed by atoms with van der Waals surface area (Å²) in [4.78, 5) is 6.33. The predicted octanol–water partition coefficient (Wildman–Crippen LogP) is 1.75. The molecule has 1 aliphatic heterocycles. The Balaban J connectivity index is 1.81. The van der Waals surface area contributed by atoms with E-state index < -0.39 is 17.8 Å². The van der Waals surface area contributed by atoms with Crippen LogP contribution in [0, 0.1) is 0 Å².